The SMILES string of the molecule is CCC1CCCCC1C(NC)c1ccc(C)s1. The minimum Gasteiger partial charge on any atom is -0.312 e. The molecule has 1 aliphatic carbocycles. The summed E-state index contributed by atoms with van der Waals surface area (Å²) in [5.41, 5.74) is 0. The lowest BCUT2D eigenvalue weighted by Gasteiger charge is -2.36. The van der Waals surface area contributed by atoms with Gasteiger partial charge in [0.1, 0.15) is 0 Å². The first-order valence-corrected chi connectivity index (χ1v) is 7.81. The standard InChI is InChI=1S/C15H25NS/c1-4-12-7-5-6-8-13(12)15(16-3)14-10-9-11(2)17-14/h9-10,12-13,15-16H,4-8H2,1-3H3. The van der Waals surface area contributed by atoms with Crippen molar-refractivity contribution in [2.24, 2.45) is 11.8 Å². The lowest BCUT2D eigenvalue weighted by molar-refractivity contribution is 0.182. The molecule has 1 aromatic heterocycles. The molecule has 3 atom stereocenters. The van der Waals surface area contributed by atoms with Gasteiger partial charge in [0.2, 0.25) is 0 Å². The van der Waals surface area contributed by atoms with Crippen LogP contribution in [0.4, 0.5) is 0 Å². The van der Waals surface area contributed by atoms with E-state index in [1.165, 1.54) is 41.9 Å². The van der Waals surface area contributed by atoms with Crippen molar-refractivity contribution in [2.45, 2.75) is 52.0 Å². The molecule has 0 aromatic carbocycles. The van der Waals surface area contributed by atoms with E-state index in [9.17, 15) is 0 Å². The molecule has 0 saturated heterocycles. The monoisotopic (exact) mass is 251 g/mol. The van der Waals surface area contributed by atoms with E-state index in [1.54, 1.807) is 0 Å². The van der Waals surface area contributed by atoms with Crippen LogP contribution in [0, 0.1) is 18.8 Å². The number of nitrogens with one attached hydrogen (secondary N) is 1. The van der Waals surface area contributed by atoms with E-state index in [2.05, 4.69) is 38.3 Å². The normalized spacial score (nSPS) is 27.0. The van der Waals surface area contributed by atoms with Crippen LogP contribution >= 0.6 is 11.3 Å². The first-order valence-electron chi connectivity index (χ1n) is 6.99. The van der Waals surface area contributed by atoms with Gasteiger partial charge < -0.3 is 5.32 Å². The molecule has 0 bridgehead atoms. The molecule has 1 N–H and O–H groups in total. The van der Waals surface area contributed by atoms with Crippen molar-refractivity contribution >= 4 is 11.3 Å². The Morgan fingerprint density at radius 1 is 1.35 bits per heavy atom. The Labute approximate surface area is 110 Å². The summed E-state index contributed by atoms with van der Waals surface area (Å²) in [6, 6.07) is 5.16. The van der Waals surface area contributed by atoms with Crippen LogP contribution in [0.25, 0.3) is 0 Å². The van der Waals surface area contributed by atoms with Crippen molar-refractivity contribution < 1.29 is 0 Å². The summed E-state index contributed by atoms with van der Waals surface area (Å²) in [6.07, 6.45) is 7.04. The molecule has 1 heterocycles. The molecule has 0 aliphatic heterocycles. The number of aryl methyl sites for hydroxylation is 1. The molecule has 0 amide bonds. The number of rotatable bonds is 4. The van der Waals surface area contributed by atoms with Crippen molar-refractivity contribution in [3.05, 3.63) is 21.9 Å². The first kappa shape index (κ1) is 13.1. The third kappa shape index (κ3) is 2.92. The summed E-state index contributed by atoms with van der Waals surface area (Å²) in [5, 5.41) is 3.58. The van der Waals surface area contributed by atoms with E-state index in [1.807, 2.05) is 11.3 Å². The van der Waals surface area contributed by atoms with Crippen molar-refractivity contribution in [1.29, 1.82) is 0 Å². The predicted molar refractivity (Wildman–Crippen MR) is 76.6 cm³/mol. The molecule has 2 rings (SSSR count). The zero-order valence-electron chi connectivity index (χ0n) is 11.3. The van der Waals surface area contributed by atoms with Crippen LogP contribution in [-0.2, 0) is 0 Å². The molecule has 1 nitrogen and oxygen atoms in total. The van der Waals surface area contributed by atoms with E-state index >= 15 is 0 Å². The Kier molecular flexibility index (Phi) is 4.63. The summed E-state index contributed by atoms with van der Waals surface area (Å²) in [6.45, 7) is 4.56. The van der Waals surface area contributed by atoms with E-state index in [0.29, 0.717) is 6.04 Å². The second kappa shape index (κ2) is 6.01. The van der Waals surface area contributed by atoms with Gasteiger partial charge >= 0.3 is 0 Å². The molecule has 0 spiro atoms. The van der Waals surface area contributed by atoms with Gasteiger partial charge in [-0.25, -0.2) is 0 Å². The maximum absolute atomic E-state index is 3.58. The third-order valence-corrected chi connectivity index (χ3v) is 5.38. The van der Waals surface area contributed by atoms with Crippen LogP contribution in [0.3, 0.4) is 0 Å². The highest BCUT2D eigenvalue weighted by molar-refractivity contribution is 7.12. The lowest BCUT2D eigenvalue weighted by Crippen LogP contribution is -2.32. The van der Waals surface area contributed by atoms with Gasteiger partial charge in [0.05, 0.1) is 0 Å². The topological polar surface area (TPSA) is 12.0 Å². The molecule has 17 heavy (non-hydrogen) atoms. The maximum atomic E-state index is 3.58. The van der Waals surface area contributed by atoms with Gasteiger partial charge in [0, 0.05) is 15.8 Å². The molecule has 1 fully saturated rings. The van der Waals surface area contributed by atoms with Crippen LogP contribution < -0.4 is 5.32 Å². The molecule has 0 radical (unpaired) electrons. The van der Waals surface area contributed by atoms with Gasteiger partial charge in [-0.2, -0.15) is 0 Å². The highest BCUT2D eigenvalue weighted by Gasteiger charge is 2.31. The Bertz CT molecular complexity index is 344. The number of thiophene rings is 1. The van der Waals surface area contributed by atoms with Crippen molar-refractivity contribution in [3.63, 3.8) is 0 Å². The Morgan fingerprint density at radius 2 is 2.12 bits per heavy atom. The predicted octanol–water partition coefficient (Wildman–Crippen LogP) is 4.53. The quantitative estimate of drug-likeness (QED) is 0.829. The van der Waals surface area contributed by atoms with Crippen LogP contribution in [0.1, 0.15) is 54.8 Å². The van der Waals surface area contributed by atoms with E-state index in [-0.39, 0.29) is 0 Å². The minimum absolute atomic E-state index is 0.582. The number of hydrogen-bond donors (Lipinski definition) is 1. The fourth-order valence-corrected chi connectivity index (χ4v) is 4.43. The summed E-state index contributed by atoms with van der Waals surface area (Å²) in [7, 11) is 2.13. The molecule has 1 aromatic rings. The van der Waals surface area contributed by atoms with Crippen LogP contribution in [0.2, 0.25) is 0 Å². The Balaban J connectivity index is 2.16. The van der Waals surface area contributed by atoms with Crippen LogP contribution in [0.5, 0.6) is 0 Å². The minimum atomic E-state index is 0.582. The summed E-state index contributed by atoms with van der Waals surface area (Å²) >= 11 is 1.96. The van der Waals surface area contributed by atoms with E-state index in [0.717, 1.165) is 11.8 Å². The van der Waals surface area contributed by atoms with Crippen molar-refractivity contribution in [2.75, 3.05) is 7.05 Å². The fraction of sp³-hybridized carbons (Fsp3) is 0.733. The largest absolute Gasteiger partial charge is 0.312 e. The highest BCUT2D eigenvalue weighted by atomic mass is 32.1. The van der Waals surface area contributed by atoms with E-state index < -0.39 is 0 Å². The van der Waals surface area contributed by atoms with E-state index in [4.69, 9.17) is 0 Å². The van der Waals surface area contributed by atoms with Crippen molar-refractivity contribution in [1.82, 2.24) is 5.32 Å². The molecular formula is C15H25NS. The highest BCUT2D eigenvalue weighted by Crippen LogP contribution is 2.41. The summed E-state index contributed by atoms with van der Waals surface area (Å²) in [5.74, 6) is 1.76. The average molecular weight is 251 g/mol. The fourth-order valence-electron chi connectivity index (χ4n) is 3.37. The lowest BCUT2D eigenvalue weighted by atomic mass is 9.73. The Morgan fingerprint density at radius 3 is 2.71 bits per heavy atom. The molecule has 96 valence electrons. The van der Waals surface area contributed by atoms with Gasteiger partial charge in [0.25, 0.3) is 0 Å². The zero-order valence-corrected chi connectivity index (χ0v) is 12.1. The molecule has 1 saturated carbocycles. The molecular weight excluding hydrogens is 226 g/mol. The first-order chi connectivity index (χ1) is 8.26. The van der Waals surface area contributed by atoms with Crippen molar-refractivity contribution in [3.8, 4) is 0 Å². The smallest absolute Gasteiger partial charge is 0.0443 e. The van der Waals surface area contributed by atoms with Gasteiger partial charge in [-0.05, 0) is 44.4 Å². The summed E-state index contributed by atoms with van der Waals surface area (Å²) < 4.78 is 0. The molecule has 2 heteroatoms. The second-order valence-electron chi connectivity index (χ2n) is 5.33. The van der Waals surface area contributed by atoms with Crippen LogP contribution in [0.15, 0.2) is 12.1 Å². The second-order valence-corrected chi connectivity index (χ2v) is 6.65. The maximum Gasteiger partial charge on any atom is 0.0443 e. The molecule has 3 unspecified atom stereocenters. The van der Waals surface area contributed by atoms with Gasteiger partial charge in [-0.15, -0.1) is 11.3 Å². The zero-order chi connectivity index (χ0) is 12.3. The van der Waals surface area contributed by atoms with Crippen LogP contribution in [-0.4, -0.2) is 7.05 Å². The van der Waals surface area contributed by atoms with Gasteiger partial charge in [-0.3, -0.25) is 0 Å². The number of hydrogen-bond acceptors (Lipinski definition) is 2. The summed E-state index contributed by atoms with van der Waals surface area (Å²) in [4.78, 5) is 2.97. The molecule has 1 aliphatic rings. The van der Waals surface area contributed by atoms with Gasteiger partial charge in [-0.1, -0.05) is 32.6 Å². The average Bonchev–Trinajstić information content (AvgIpc) is 2.77. The van der Waals surface area contributed by atoms with Gasteiger partial charge in [0.15, 0.2) is 0 Å². The Hall–Kier alpha value is -0.340. The third-order valence-electron chi connectivity index (χ3n) is 4.30.